The summed E-state index contributed by atoms with van der Waals surface area (Å²) < 4.78 is 15.5. The zero-order chi connectivity index (χ0) is 25.2. The first-order valence-corrected chi connectivity index (χ1v) is 11.4. The molecule has 0 spiro atoms. The van der Waals surface area contributed by atoms with Crippen molar-refractivity contribution < 1.29 is 28.6 Å². The van der Waals surface area contributed by atoms with E-state index in [0.717, 1.165) is 0 Å². The van der Waals surface area contributed by atoms with Gasteiger partial charge in [-0.2, -0.15) is 0 Å². The van der Waals surface area contributed by atoms with Gasteiger partial charge in [-0.25, -0.2) is 0 Å². The molecule has 0 heterocycles. The number of amides is 3. The second kappa shape index (κ2) is 12.3. The molecule has 0 fully saturated rings. The first-order valence-electron chi connectivity index (χ1n) is 10.4. The zero-order valence-electron chi connectivity index (χ0n) is 19.4. The molecule has 0 bridgehead atoms. The molecule has 35 heavy (non-hydrogen) atoms. The third-order valence-electron chi connectivity index (χ3n) is 4.80. The molecule has 0 aromatic heterocycles. The maximum Gasteiger partial charge on any atom is 0.270 e. The van der Waals surface area contributed by atoms with Crippen LogP contribution in [0.3, 0.4) is 0 Å². The lowest BCUT2D eigenvalue weighted by atomic mass is 10.2. The SMILES string of the molecule is COc1ccc(C(=O)NNC(=O)c2ccccc2SCC(=O)Nc2ccc(OC)c(OC)c2)cc1. The van der Waals surface area contributed by atoms with Crippen LogP contribution in [-0.2, 0) is 4.79 Å². The van der Waals surface area contributed by atoms with Crippen molar-refractivity contribution in [3.8, 4) is 17.2 Å². The third-order valence-corrected chi connectivity index (χ3v) is 5.87. The molecule has 0 radical (unpaired) electrons. The Kier molecular flexibility index (Phi) is 8.96. The van der Waals surface area contributed by atoms with E-state index in [-0.39, 0.29) is 11.7 Å². The molecular formula is C25H25N3O6S. The lowest BCUT2D eigenvalue weighted by molar-refractivity contribution is -0.113. The quantitative estimate of drug-likeness (QED) is 0.307. The van der Waals surface area contributed by atoms with E-state index in [0.29, 0.717) is 39.0 Å². The fraction of sp³-hybridized carbons (Fsp3) is 0.160. The van der Waals surface area contributed by atoms with E-state index >= 15 is 0 Å². The highest BCUT2D eigenvalue weighted by Crippen LogP contribution is 2.30. The maximum absolute atomic E-state index is 12.7. The highest BCUT2D eigenvalue weighted by Gasteiger charge is 2.15. The second-order valence-electron chi connectivity index (χ2n) is 7.04. The Morgan fingerprint density at radius 3 is 2.14 bits per heavy atom. The standard InChI is InChI=1S/C25H25N3O6S/c1-32-18-11-8-16(9-12-18)24(30)27-28-25(31)19-6-4-5-7-22(19)35-15-23(29)26-17-10-13-20(33-2)21(14-17)34-3/h4-14H,15H2,1-3H3,(H,26,29)(H,27,30)(H,28,31). The van der Waals surface area contributed by atoms with Crippen LogP contribution in [0.2, 0.25) is 0 Å². The summed E-state index contributed by atoms with van der Waals surface area (Å²) in [5.41, 5.74) is 6.04. The minimum atomic E-state index is -0.504. The molecule has 182 valence electrons. The average Bonchev–Trinajstić information content (AvgIpc) is 2.90. The van der Waals surface area contributed by atoms with Crippen LogP contribution in [0.25, 0.3) is 0 Å². The van der Waals surface area contributed by atoms with Gasteiger partial charge < -0.3 is 19.5 Å². The summed E-state index contributed by atoms with van der Waals surface area (Å²) >= 11 is 1.20. The highest BCUT2D eigenvalue weighted by atomic mass is 32.2. The average molecular weight is 496 g/mol. The number of carbonyl (C=O) groups is 3. The fourth-order valence-corrected chi connectivity index (χ4v) is 3.88. The van der Waals surface area contributed by atoms with Crippen LogP contribution in [0.15, 0.2) is 71.6 Å². The van der Waals surface area contributed by atoms with Crippen molar-refractivity contribution in [3.05, 3.63) is 77.9 Å². The normalized spacial score (nSPS) is 10.1. The van der Waals surface area contributed by atoms with E-state index < -0.39 is 11.8 Å². The predicted octanol–water partition coefficient (Wildman–Crippen LogP) is 3.52. The van der Waals surface area contributed by atoms with Crippen molar-refractivity contribution in [1.29, 1.82) is 0 Å². The van der Waals surface area contributed by atoms with Gasteiger partial charge in [0, 0.05) is 22.2 Å². The summed E-state index contributed by atoms with van der Waals surface area (Å²) in [4.78, 5) is 38.0. The Morgan fingerprint density at radius 2 is 1.46 bits per heavy atom. The van der Waals surface area contributed by atoms with Gasteiger partial charge in [0.15, 0.2) is 11.5 Å². The van der Waals surface area contributed by atoms with Gasteiger partial charge >= 0.3 is 0 Å². The number of nitrogens with one attached hydrogen (secondary N) is 3. The van der Waals surface area contributed by atoms with Crippen molar-refractivity contribution in [1.82, 2.24) is 10.9 Å². The molecule has 3 N–H and O–H groups in total. The van der Waals surface area contributed by atoms with Crippen LogP contribution < -0.4 is 30.4 Å². The summed E-state index contributed by atoms with van der Waals surface area (Å²) in [5.74, 6) is 0.500. The molecule has 3 amide bonds. The number of hydrogen-bond acceptors (Lipinski definition) is 7. The summed E-state index contributed by atoms with van der Waals surface area (Å²) in [6, 6.07) is 18.3. The number of methoxy groups -OCH3 is 3. The second-order valence-corrected chi connectivity index (χ2v) is 8.06. The van der Waals surface area contributed by atoms with Gasteiger partial charge in [0.1, 0.15) is 5.75 Å². The molecule has 0 unspecified atom stereocenters. The van der Waals surface area contributed by atoms with E-state index in [2.05, 4.69) is 16.2 Å². The van der Waals surface area contributed by atoms with Gasteiger partial charge in [0.25, 0.3) is 11.8 Å². The maximum atomic E-state index is 12.7. The molecule has 3 aromatic rings. The highest BCUT2D eigenvalue weighted by molar-refractivity contribution is 8.00. The van der Waals surface area contributed by atoms with Gasteiger partial charge in [-0.15, -0.1) is 11.8 Å². The first kappa shape index (κ1) is 25.4. The van der Waals surface area contributed by atoms with Gasteiger partial charge in [-0.1, -0.05) is 12.1 Å². The lowest BCUT2D eigenvalue weighted by Crippen LogP contribution is -2.41. The number of anilines is 1. The van der Waals surface area contributed by atoms with Crippen LogP contribution in [0.4, 0.5) is 5.69 Å². The van der Waals surface area contributed by atoms with Crippen LogP contribution in [-0.4, -0.2) is 44.8 Å². The van der Waals surface area contributed by atoms with Crippen LogP contribution in [0, 0.1) is 0 Å². The van der Waals surface area contributed by atoms with Gasteiger partial charge in [-0.05, 0) is 48.5 Å². The monoisotopic (exact) mass is 495 g/mol. The van der Waals surface area contributed by atoms with Crippen molar-refractivity contribution in [3.63, 3.8) is 0 Å². The number of hydrazine groups is 1. The van der Waals surface area contributed by atoms with Crippen molar-refractivity contribution in [2.45, 2.75) is 4.90 Å². The number of rotatable bonds is 9. The van der Waals surface area contributed by atoms with E-state index in [1.54, 1.807) is 66.7 Å². The number of hydrogen-bond donors (Lipinski definition) is 3. The van der Waals surface area contributed by atoms with E-state index in [1.807, 2.05) is 0 Å². The van der Waals surface area contributed by atoms with Crippen LogP contribution in [0.1, 0.15) is 20.7 Å². The molecule has 0 aliphatic rings. The largest absolute Gasteiger partial charge is 0.497 e. The first-order chi connectivity index (χ1) is 16.9. The van der Waals surface area contributed by atoms with Crippen molar-refractivity contribution in [2.24, 2.45) is 0 Å². The zero-order valence-corrected chi connectivity index (χ0v) is 20.2. The number of thioether (sulfide) groups is 1. The minimum Gasteiger partial charge on any atom is -0.497 e. The molecule has 0 aliphatic heterocycles. The molecule has 0 saturated carbocycles. The van der Waals surface area contributed by atoms with Gasteiger partial charge in [0.05, 0.1) is 32.6 Å². The van der Waals surface area contributed by atoms with E-state index in [1.165, 1.54) is 33.1 Å². The predicted molar refractivity (Wildman–Crippen MR) is 133 cm³/mol. The van der Waals surface area contributed by atoms with Crippen LogP contribution >= 0.6 is 11.8 Å². The number of benzene rings is 3. The van der Waals surface area contributed by atoms with E-state index in [4.69, 9.17) is 14.2 Å². The summed E-state index contributed by atoms with van der Waals surface area (Å²) in [6.07, 6.45) is 0. The summed E-state index contributed by atoms with van der Waals surface area (Å²) in [7, 11) is 4.58. The Balaban J connectivity index is 1.57. The number of carbonyl (C=O) groups excluding carboxylic acids is 3. The molecule has 9 nitrogen and oxygen atoms in total. The molecule has 0 atom stereocenters. The Morgan fingerprint density at radius 1 is 0.771 bits per heavy atom. The Hall–Kier alpha value is -4.18. The third kappa shape index (κ3) is 6.90. The fourth-order valence-electron chi connectivity index (χ4n) is 3.03. The Bertz CT molecular complexity index is 1200. The van der Waals surface area contributed by atoms with Gasteiger partial charge in [0.2, 0.25) is 5.91 Å². The smallest absolute Gasteiger partial charge is 0.270 e. The molecule has 0 saturated heterocycles. The minimum absolute atomic E-state index is 0.0663. The lowest BCUT2D eigenvalue weighted by Gasteiger charge is -2.12. The summed E-state index contributed by atoms with van der Waals surface area (Å²) in [6.45, 7) is 0. The Labute approximate surface area is 207 Å². The molecular weight excluding hydrogens is 470 g/mol. The van der Waals surface area contributed by atoms with Crippen molar-refractivity contribution >= 4 is 35.2 Å². The topological polar surface area (TPSA) is 115 Å². The van der Waals surface area contributed by atoms with Crippen molar-refractivity contribution in [2.75, 3.05) is 32.4 Å². The molecule has 0 aliphatic carbocycles. The summed E-state index contributed by atoms with van der Waals surface area (Å²) in [5, 5.41) is 2.79. The molecule has 10 heteroatoms. The van der Waals surface area contributed by atoms with Crippen LogP contribution in [0.5, 0.6) is 17.2 Å². The van der Waals surface area contributed by atoms with Gasteiger partial charge in [-0.3, -0.25) is 25.2 Å². The number of ether oxygens (including phenoxy) is 3. The van der Waals surface area contributed by atoms with E-state index in [9.17, 15) is 14.4 Å². The molecule has 3 aromatic carbocycles. The molecule has 3 rings (SSSR count).